The van der Waals surface area contributed by atoms with Gasteiger partial charge in [-0.25, -0.2) is 9.98 Å². The fourth-order valence-electron chi connectivity index (χ4n) is 9.56. The van der Waals surface area contributed by atoms with Gasteiger partial charge >= 0.3 is 0 Å². The van der Waals surface area contributed by atoms with E-state index >= 15 is 0 Å². The number of furan rings is 1. The van der Waals surface area contributed by atoms with Crippen LogP contribution in [0.5, 0.6) is 0 Å². The highest BCUT2D eigenvalue weighted by Crippen LogP contribution is 2.41. The average molecular weight is 782 g/mol. The molecule has 0 aliphatic carbocycles. The van der Waals surface area contributed by atoms with Crippen LogP contribution in [-0.4, -0.2) is 20.8 Å². The molecule has 1 atom stereocenters. The number of nitrogens with zero attached hydrogens (tertiary/aromatic N) is 4. The molecule has 3 aromatic heterocycles. The lowest BCUT2D eigenvalue weighted by atomic mass is 10.0. The van der Waals surface area contributed by atoms with Crippen LogP contribution in [0.2, 0.25) is 0 Å². The van der Waals surface area contributed by atoms with Gasteiger partial charge in [0.25, 0.3) is 0 Å². The smallest absolute Gasteiger partial charge is 0.159 e. The molecule has 6 nitrogen and oxygen atoms in total. The molecule has 1 aliphatic heterocycles. The van der Waals surface area contributed by atoms with E-state index in [1.165, 1.54) is 26.9 Å². The van der Waals surface area contributed by atoms with Crippen LogP contribution < -0.4 is 5.32 Å². The maximum Gasteiger partial charge on any atom is 0.159 e. The predicted octanol–water partition coefficient (Wildman–Crippen LogP) is 13.4. The van der Waals surface area contributed by atoms with Crippen LogP contribution in [-0.2, 0) is 0 Å². The minimum absolute atomic E-state index is 0.375. The molecule has 0 saturated heterocycles. The molecule has 0 bridgehead atoms. The van der Waals surface area contributed by atoms with Gasteiger partial charge in [0.15, 0.2) is 5.84 Å². The van der Waals surface area contributed by atoms with Gasteiger partial charge in [-0.1, -0.05) is 127 Å². The maximum atomic E-state index is 6.74. The predicted molar refractivity (Wildman–Crippen MR) is 252 cm³/mol. The van der Waals surface area contributed by atoms with Gasteiger partial charge < -0.3 is 18.9 Å². The van der Waals surface area contributed by atoms with Crippen molar-refractivity contribution in [2.75, 3.05) is 0 Å². The molecule has 12 aromatic rings. The molecule has 1 N–H and O–H groups in total. The van der Waals surface area contributed by atoms with Crippen molar-refractivity contribution in [1.29, 1.82) is 0 Å². The summed E-state index contributed by atoms with van der Waals surface area (Å²) in [4.78, 5) is 10.7. The molecule has 0 amide bonds. The molecule has 0 spiro atoms. The number of benzene rings is 9. The Hall–Kier alpha value is -8.22. The average Bonchev–Trinajstić information content (AvgIpc) is 3.98. The number of amidine groups is 2. The first-order chi connectivity index (χ1) is 30.2. The molecule has 1 unspecified atom stereocenters. The molecular weight excluding hydrogens is 747 g/mol. The van der Waals surface area contributed by atoms with E-state index in [0.29, 0.717) is 5.84 Å². The van der Waals surface area contributed by atoms with Gasteiger partial charge in [-0.15, -0.1) is 0 Å². The van der Waals surface area contributed by atoms with Crippen molar-refractivity contribution < 1.29 is 4.42 Å². The van der Waals surface area contributed by atoms with Gasteiger partial charge in [-0.2, -0.15) is 0 Å². The normalized spacial score (nSPS) is 14.4. The largest absolute Gasteiger partial charge is 0.456 e. The highest BCUT2D eigenvalue weighted by atomic mass is 16.3. The van der Waals surface area contributed by atoms with Crippen molar-refractivity contribution in [3.63, 3.8) is 0 Å². The van der Waals surface area contributed by atoms with E-state index in [0.717, 1.165) is 83.3 Å². The first-order valence-corrected chi connectivity index (χ1v) is 20.7. The Kier molecular flexibility index (Phi) is 7.27. The SMILES string of the molecule is c1ccc(C2N=C(c3ccc4c(c3)c3ccccc3n4-c3ccccc3)N=C(c3cc(-n4c5ccccc5c5cc6ccccc6cc54)c4c(c3)oc3ccccc34)N2)cc1. The standard InChI is InChI=1S/C55H35N5O/c1-3-15-34(16-4-1)53-56-54(37-27-28-47-43(30-37)40-21-9-12-24-45(40)59(47)39-19-5-2-6-20-39)58-55(57-53)38-32-49(52-42-23-11-14-26-50(42)61-51(52)33-38)60-46-25-13-10-22-41(46)44-29-35-17-7-8-18-36(35)31-48(44)60/h1-33,53H,(H,56,57,58). The van der Waals surface area contributed by atoms with Gasteiger partial charge in [0.1, 0.15) is 23.2 Å². The second-order valence-electron chi connectivity index (χ2n) is 15.8. The zero-order valence-electron chi connectivity index (χ0n) is 32.8. The number of aliphatic imine (C=N–C) groups is 2. The summed E-state index contributed by atoms with van der Waals surface area (Å²) in [7, 11) is 0. The van der Waals surface area contributed by atoms with E-state index in [4.69, 9.17) is 14.4 Å². The van der Waals surface area contributed by atoms with Crippen molar-refractivity contribution >= 4 is 88.0 Å². The number of aromatic nitrogens is 2. The lowest BCUT2D eigenvalue weighted by Crippen LogP contribution is -2.33. The number of fused-ring (bicyclic) bond motifs is 10. The summed E-state index contributed by atoms with van der Waals surface area (Å²) in [6.45, 7) is 0. The third-order valence-corrected chi connectivity index (χ3v) is 12.3. The monoisotopic (exact) mass is 781 g/mol. The Bertz CT molecular complexity index is 3800. The van der Waals surface area contributed by atoms with E-state index < -0.39 is 0 Å². The lowest BCUT2D eigenvalue weighted by molar-refractivity contribution is 0.666. The highest BCUT2D eigenvalue weighted by Gasteiger charge is 2.26. The molecule has 0 saturated carbocycles. The number of rotatable bonds is 5. The second kappa shape index (κ2) is 13.1. The van der Waals surface area contributed by atoms with Gasteiger partial charge in [0, 0.05) is 43.7 Å². The van der Waals surface area contributed by atoms with Crippen LogP contribution in [0.3, 0.4) is 0 Å². The summed E-state index contributed by atoms with van der Waals surface area (Å²) in [5, 5.41) is 13.0. The molecular formula is C55H35N5O. The van der Waals surface area contributed by atoms with Gasteiger partial charge in [0.05, 0.1) is 33.1 Å². The quantitative estimate of drug-likeness (QED) is 0.189. The third-order valence-electron chi connectivity index (χ3n) is 12.3. The second-order valence-corrected chi connectivity index (χ2v) is 15.8. The summed E-state index contributed by atoms with van der Waals surface area (Å²) in [5.41, 5.74) is 11.2. The third kappa shape index (κ3) is 5.22. The molecule has 1 aliphatic rings. The molecule has 6 heteroatoms. The van der Waals surface area contributed by atoms with E-state index in [1.54, 1.807) is 0 Å². The maximum absolute atomic E-state index is 6.74. The Morgan fingerprint density at radius 3 is 1.85 bits per heavy atom. The van der Waals surface area contributed by atoms with Crippen molar-refractivity contribution in [2.45, 2.75) is 6.17 Å². The number of hydrogen-bond acceptors (Lipinski definition) is 4. The number of hydrogen-bond donors (Lipinski definition) is 1. The molecule has 0 radical (unpaired) electrons. The Morgan fingerprint density at radius 1 is 0.443 bits per heavy atom. The summed E-state index contributed by atoms with van der Waals surface area (Å²) in [6.07, 6.45) is -0.375. The van der Waals surface area contributed by atoms with Crippen LogP contribution in [0.25, 0.3) is 87.7 Å². The van der Waals surface area contributed by atoms with Crippen molar-refractivity contribution in [3.8, 4) is 11.4 Å². The zero-order chi connectivity index (χ0) is 40.0. The summed E-state index contributed by atoms with van der Waals surface area (Å²) < 4.78 is 11.5. The van der Waals surface area contributed by atoms with Crippen molar-refractivity contribution in [3.05, 3.63) is 217 Å². The number of nitrogens with one attached hydrogen (secondary N) is 1. The lowest BCUT2D eigenvalue weighted by Gasteiger charge is -2.24. The van der Waals surface area contributed by atoms with Crippen molar-refractivity contribution in [2.24, 2.45) is 9.98 Å². The fourth-order valence-corrected chi connectivity index (χ4v) is 9.56. The van der Waals surface area contributed by atoms with Crippen LogP contribution in [0, 0.1) is 0 Å². The summed E-state index contributed by atoms with van der Waals surface area (Å²) in [5.74, 6) is 1.39. The van der Waals surface area contributed by atoms with Crippen LogP contribution >= 0.6 is 0 Å². The van der Waals surface area contributed by atoms with Crippen LogP contribution in [0.15, 0.2) is 215 Å². The van der Waals surface area contributed by atoms with E-state index in [1.807, 2.05) is 12.1 Å². The first-order valence-electron chi connectivity index (χ1n) is 20.7. The van der Waals surface area contributed by atoms with E-state index in [9.17, 15) is 0 Å². The van der Waals surface area contributed by atoms with Gasteiger partial charge in [0.2, 0.25) is 0 Å². The van der Waals surface area contributed by atoms with Gasteiger partial charge in [-0.05, 0) is 89.1 Å². The Balaban J connectivity index is 1.06. The Morgan fingerprint density at radius 2 is 1.07 bits per heavy atom. The molecule has 9 aromatic carbocycles. The van der Waals surface area contributed by atoms with Gasteiger partial charge in [-0.3, -0.25) is 0 Å². The van der Waals surface area contributed by atoms with Crippen LogP contribution in [0.1, 0.15) is 22.9 Å². The highest BCUT2D eigenvalue weighted by molar-refractivity contribution is 6.20. The molecule has 0 fully saturated rings. The number of para-hydroxylation sites is 4. The fraction of sp³-hybridized carbons (Fsp3) is 0.0182. The minimum Gasteiger partial charge on any atom is -0.456 e. The first kappa shape index (κ1) is 33.7. The summed E-state index contributed by atoms with van der Waals surface area (Å²) >= 11 is 0. The van der Waals surface area contributed by atoms with Crippen molar-refractivity contribution in [1.82, 2.24) is 14.5 Å². The van der Waals surface area contributed by atoms with E-state index in [2.05, 4.69) is 203 Å². The Labute approximate surface area is 349 Å². The topological polar surface area (TPSA) is 59.8 Å². The summed E-state index contributed by atoms with van der Waals surface area (Å²) in [6, 6.07) is 70.9. The van der Waals surface area contributed by atoms with E-state index in [-0.39, 0.29) is 6.17 Å². The minimum atomic E-state index is -0.375. The molecule has 4 heterocycles. The zero-order valence-corrected chi connectivity index (χ0v) is 32.8. The molecule has 61 heavy (non-hydrogen) atoms. The molecule has 286 valence electrons. The van der Waals surface area contributed by atoms with Crippen LogP contribution in [0.4, 0.5) is 0 Å². The molecule has 13 rings (SSSR count).